The molecule has 1 N–H and O–H groups in total. The van der Waals surface area contributed by atoms with E-state index in [1.807, 2.05) is 43.5 Å². The van der Waals surface area contributed by atoms with E-state index in [1.54, 1.807) is 11.0 Å². The van der Waals surface area contributed by atoms with E-state index < -0.39 is 0 Å². The Morgan fingerprint density at radius 3 is 2.84 bits per heavy atom. The highest BCUT2D eigenvalue weighted by atomic mass is 35.5. The molecule has 6 heteroatoms. The number of aromatic hydroxyl groups is 1. The molecule has 0 spiro atoms. The molecule has 132 valence electrons. The highest BCUT2D eigenvalue weighted by Crippen LogP contribution is 2.38. The third-order valence-electron chi connectivity index (χ3n) is 4.29. The van der Waals surface area contributed by atoms with E-state index in [4.69, 9.17) is 16.3 Å². The number of fused-ring (bicyclic) bond motifs is 1. The van der Waals surface area contributed by atoms with E-state index in [-0.39, 0.29) is 16.9 Å². The Bertz CT molecular complexity index is 796. The minimum atomic E-state index is -0.105. The molecular weight excluding hydrogens is 358 g/mol. The maximum atomic E-state index is 12.5. The molecule has 1 aliphatic rings. The fourth-order valence-corrected chi connectivity index (χ4v) is 3.42. The molecule has 0 bridgehead atoms. The number of hydrogen-bond donors (Lipinski definition) is 1. The van der Waals surface area contributed by atoms with E-state index in [9.17, 15) is 9.90 Å². The Morgan fingerprint density at radius 2 is 2.12 bits per heavy atom. The Kier molecular flexibility index (Phi) is 5.45. The average Bonchev–Trinajstić information content (AvgIpc) is 2.83. The first-order chi connectivity index (χ1) is 12.0. The van der Waals surface area contributed by atoms with Crippen molar-refractivity contribution in [1.29, 1.82) is 0 Å². The van der Waals surface area contributed by atoms with Crippen LogP contribution in [-0.4, -0.2) is 40.6 Å². The summed E-state index contributed by atoms with van der Waals surface area (Å²) >= 11 is 7.60. The number of amides is 1. The number of benzene rings is 2. The van der Waals surface area contributed by atoms with Gasteiger partial charge in [-0.05, 0) is 48.6 Å². The summed E-state index contributed by atoms with van der Waals surface area (Å²) in [6.45, 7) is 3.19. The van der Waals surface area contributed by atoms with Crippen molar-refractivity contribution < 1.29 is 14.6 Å². The normalized spacial score (nSPS) is 15.1. The van der Waals surface area contributed by atoms with Gasteiger partial charge in [0.2, 0.25) is 5.91 Å². The summed E-state index contributed by atoms with van der Waals surface area (Å²) in [4.78, 5) is 14.3. The van der Waals surface area contributed by atoms with Gasteiger partial charge in [0.05, 0.1) is 11.8 Å². The molecule has 3 rings (SSSR count). The quantitative estimate of drug-likeness (QED) is 0.871. The summed E-state index contributed by atoms with van der Waals surface area (Å²) in [5, 5.41) is 10.9. The molecule has 2 aromatic carbocycles. The summed E-state index contributed by atoms with van der Waals surface area (Å²) in [5.41, 5.74) is 2.55. The van der Waals surface area contributed by atoms with Gasteiger partial charge in [0.1, 0.15) is 6.61 Å². The van der Waals surface area contributed by atoms with Gasteiger partial charge in [0.15, 0.2) is 11.5 Å². The highest BCUT2D eigenvalue weighted by Gasteiger charge is 2.25. The summed E-state index contributed by atoms with van der Waals surface area (Å²) in [7, 11) is 0. The zero-order valence-corrected chi connectivity index (χ0v) is 15.7. The van der Waals surface area contributed by atoms with E-state index in [2.05, 4.69) is 0 Å². The molecule has 0 aromatic heterocycles. The second-order valence-electron chi connectivity index (χ2n) is 5.98. The van der Waals surface area contributed by atoms with Crippen molar-refractivity contribution >= 4 is 29.3 Å². The van der Waals surface area contributed by atoms with Crippen LogP contribution in [0.3, 0.4) is 0 Å². The maximum absolute atomic E-state index is 12.5. The van der Waals surface area contributed by atoms with Gasteiger partial charge in [-0.3, -0.25) is 4.79 Å². The number of nitrogens with zero attached hydrogens (tertiary/aromatic N) is 1. The van der Waals surface area contributed by atoms with E-state index in [1.165, 1.54) is 11.8 Å². The van der Waals surface area contributed by atoms with Crippen molar-refractivity contribution in [2.24, 2.45) is 0 Å². The number of ether oxygens (including phenoxy) is 1. The van der Waals surface area contributed by atoms with Crippen LogP contribution in [0.4, 0.5) is 0 Å². The van der Waals surface area contributed by atoms with Gasteiger partial charge in [0, 0.05) is 17.1 Å². The number of carbonyl (C=O) groups is 1. The van der Waals surface area contributed by atoms with Crippen LogP contribution in [0.15, 0.2) is 36.4 Å². The van der Waals surface area contributed by atoms with Crippen LogP contribution in [0, 0.1) is 0 Å². The molecule has 0 saturated heterocycles. The summed E-state index contributed by atoms with van der Waals surface area (Å²) in [6.07, 6.45) is 1.92. The molecule has 0 radical (unpaired) electrons. The molecule has 1 aliphatic heterocycles. The molecule has 1 amide bonds. The van der Waals surface area contributed by atoms with E-state index in [0.717, 1.165) is 16.7 Å². The molecule has 2 aromatic rings. The molecule has 0 aliphatic carbocycles. The lowest BCUT2D eigenvalue weighted by Crippen LogP contribution is -2.37. The van der Waals surface area contributed by atoms with Crippen molar-refractivity contribution in [3.63, 3.8) is 0 Å². The van der Waals surface area contributed by atoms with Gasteiger partial charge in [-0.25, -0.2) is 0 Å². The van der Waals surface area contributed by atoms with Crippen molar-refractivity contribution in [3.8, 4) is 22.6 Å². The lowest BCUT2D eigenvalue weighted by molar-refractivity contribution is -0.131. The smallest absolute Gasteiger partial charge is 0.235 e. The first-order valence-electron chi connectivity index (χ1n) is 8.06. The standard InChI is InChI=1S/C19H20ClNO3S/c1-12(25-2)19(23)21-6-7-24-18-15(11-21)8-14(10-17(18)22)13-4-3-5-16(20)9-13/h3-5,8-10,12,22H,6-7,11H2,1-2H3/t12-/m0/s1. The van der Waals surface area contributed by atoms with Crippen LogP contribution < -0.4 is 4.74 Å². The second-order valence-corrected chi connectivity index (χ2v) is 7.60. The molecule has 1 heterocycles. The number of hydrogen-bond acceptors (Lipinski definition) is 4. The fourth-order valence-electron chi connectivity index (χ4n) is 2.88. The van der Waals surface area contributed by atoms with Crippen molar-refractivity contribution in [2.45, 2.75) is 18.7 Å². The van der Waals surface area contributed by atoms with Crippen molar-refractivity contribution in [2.75, 3.05) is 19.4 Å². The number of phenols is 1. The average molecular weight is 378 g/mol. The minimum Gasteiger partial charge on any atom is -0.504 e. The molecule has 0 fully saturated rings. The number of rotatable bonds is 3. The lowest BCUT2D eigenvalue weighted by atomic mass is 10.0. The first-order valence-corrected chi connectivity index (χ1v) is 9.72. The van der Waals surface area contributed by atoms with Gasteiger partial charge in [-0.1, -0.05) is 23.7 Å². The largest absolute Gasteiger partial charge is 0.504 e. The monoisotopic (exact) mass is 377 g/mol. The van der Waals surface area contributed by atoms with Gasteiger partial charge in [0.25, 0.3) is 0 Å². The van der Waals surface area contributed by atoms with Gasteiger partial charge in [-0.2, -0.15) is 11.8 Å². The minimum absolute atomic E-state index is 0.0802. The predicted molar refractivity (Wildman–Crippen MR) is 102 cm³/mol. The third-order valence-corrected chi connectivity index (χ3v) is 5.43. The van der Waals surface area contributed by atoms with Crippen LogP contribution >= 0.6 is 23.4 Å². The van der Waals surface area contributed by atoms with E-state index >= 15 is 0 Å². The number of carbonyl (C=O) groups excluding carboxylic acids is 1. The van der Waals surface area contributed by atoms with Gasteiger partial charge >= 0.3 is 0 Å². The number of phenolic OH excluding ortho intramolecular Hbond substituents is 1. The Hall–Kier alpha value is -1.85. The zero-order chi connectivity index (χ0) is 18.0. The Labute approximate surface area is 156 Å². The third kappa shape index (κ3) is 3.88. The SMILES string of the molecule is CS[C@@H](C)C(=O)N1CCOc2c(O)cc(-c3cccc(Cl)c3)cc2C1. The maximum Gasteiger partial charge on any atom is 0.235 e. The van der Waals surface area contributed by atoms with Crippen LogP contribution in [0.5, 0.6) is 11.5 Å². The van der Waals surface area contributed by atoms with Crippen molar-refractivity contribution in [3.05, 3.63) is 47.0 Å². The summed E-state index contributed by atoms with van der Waals surface area (Å²) in [5.74, 6) is 0.620. The van der Waals surface area contributed by atoms with Gasteiger partial charge in [-0.15, -0.1) is 0 Å². The molecule has 0 saturated carbocycles. The number of thioether (sulfide) groups is 1. The Morgan fingerprint density at radius 1 is 1.32 bits per heavy atom. The predicted octanol–water partition coefficient (Wildman–Crippen LogP) is 4.19. The van der Waals surface area contributed by atoms with Crippen LogP contribution in [0.2, 0.25) is 5.02 Å². The zero-order valence-electron chi connectivity index (χ0n) is 14.2. The topological polar surface area (TPSA) is 49.8 Å². The molecule has 4 nitrogen and oxygen atoms in total. The highest BCUT2D eigenvalue weighted by molar-refractivity contribution is 7.99. The molecule has 25 heavy (non-hydrogen) atoms. The van der Waals surface area contributed by atoms with Crippen LogP contribution in [0.25, 0.3) is 11.1 Å². The summed E-state index contributed by atoms with van der Waals surface area (Å²) < 4.78 is 5.71. The first kappa shape index (κ1) is 18.0. The fraction of sp³-hybridized carbons (Fsp3) is 0.316. The lowest BCUT2D eigenvalue weighted by Gasteiger charge is -2.23. The molecular formula is C19H20ClNO3S. The molecule has 0 unspecified atom stereocenters. The summed E-state index contributed by atoms with van der Waals surface area (Å²) in [6, 6.07) is 11.1. The van der Waals surface area contributed by atoms with Crippen LogP contribution in [0.1, 0.15) is 12.5 Å². The molecule has 1 atom stereocenters. The van der Waals surface area contributed by atoms with Crippen molar-refractivity contribution in [1.82, 2.24) is 4.90 Å². The van der Waals surface area contributed by atoms with Gasteiger partial charge < -0.3 is 14.7 Å². The second kappa shape index (κ2) is 7.58. The Balaban J connectivity index is 1.98. The van der Waals surface area contributed by atoms with Crippen LogP contribution in [-0.2, 0) is 11.3 Å². The number of halogens is 1. The van der Waals surface area contributed by atoms with E-state index in [0.29, 0.717) is 30.5 Å².